The number of thioether (sulfide) groups is 1. The molecule has 20 heavy (non-hydrogen) atoms. The summed E-state index contributed by atoms with van der Waals surface area (Å²) in [5.41, 5.74) is 1.32. The van der Waals surface area contributed by atoms with Crippen molar-refractivity contribution in [1.29, 1.82) is 0 Å². The van der Waals surface area contributed by atoms with E-state index in [-0.39, 0.29) is 16.9 Å². The molecule has 1 aromatic rings. The van der Waals surface area contributed by atoms with Crippen LogP contribution in [-0.4, -0.2) is 22.2 Å². The minimum atomic E-state index is -0.0564. The lowest BCUT2D eigenvalue weighted by Crippen LogP contribution is -2.24. The second kappa shape index (κ2) is 6.93. The summed E-state index contributed by atoms with van der Waals surface area (Å²) in [6.07, 6.45) is 5.02. The number of nitrogens with one attached hydrogen (secondary N) is 1. The van der Waals surface area contributed by atoms with Gasteiger partial charge in [-0.15, -0.1) is 11.8 Å². The molecule has 0 spiro atoms. The number of carbonyl (C=O) groups is 2. The van der Waals surface area contributed by atoms with E-state index in [0.717, 1.165) is 0 Å². The molecule has 1 fully saturated rings. The number of amides is 1. The Morgan fingerprint density at radius 1 is 1.30 bits per heavy atom. The minimum absolute atomic E-state index is 0.00878. The number of hydrogen-bond acceptors (Lipinski definition) is 3. The van der Waals surface area contributed by atoms with E-state index in [1.165, 1.54) is 32.6 Å². The molecule has 1 amide bonds. The molecule has 1 aliphatic rings. The summed E-state index contributed by atoms with van der Waals surface area (Å²) in [6.45, 7) is 3.48. The molecule has 0 aromatic heterocycles. The fourth-order valence-corrected chi connectivity index (χ4v) is 3.80. The molecule has 4 heteroatoms. The average molecular weight is 291 g/mol. The summed E-state index contributed by atoms with van der Waals surface area (Å²) >= 11 is 1.77. The molecule has 108 valence electrons. The smallest absolute Gasteiger partial charge is 0.237 e. The Morgan fingerprint density at radius 3 is 2.65 bits per heavy atom. The first-order valence-corrected chi connectivity index (χ1v) is 8.08. The molecule has 0 radical (unpaired) electrons. The summed E-state index contributed by atoms with van der Waals surface area (Å²) in [5.74, 6) is 0.0251. The van der Waals surface area contributed by atoms with Crippen LogP contribution in [0.1, 0.15) is 49.9 Å². The minimum Gasteiger partial charge on any atom is -0.325 e. The topological polar surface area (TPSA) is 46.2 Å². The number of benzene rings is 1. The zero-order chi connectivity index (χ0) is 14.5. The largest absolute Gasteiger partial charge is 0.325 e. The summed E-state index contributed by atoms with van der Waals surface area (Å²) in [7, 11) is 0. The van der Waals surface area contributed by atoms with Crippen LogP contribution in [0.15, 0.2) is 24.3 Å². The van der Waals surface area contributed by atoms with Crippen molar-refractivity contribution >= 4 is 29.1 Å². The van der Waals surface area contributed by atoms with Gasteiger partial charge in [0.1, 0.15) is 0 Å². The maximum atomic E-state index is 12.2. The third-order valence-corrected chi connectivity index (χ3v) is 5.08. The van der Waals surface area contributed by atoms with E-state index < -0.39 is 0 Å². The van der Waals surface area contributed by atoms with Crippen molar-refractivity contribution in [2.24, 2.45) is 0 Å². The first-order chi connectivity index (χ1) is 9.56. The highest BCUT2D eigenvalue weighted by Crippen LogP contribution is 2.32. The number of ketones is 1. The van der Waals surface area contributed by atoms with Gasteiger partial charge in [-0.3, -0.25) is 9.59 Å². The zero-order valence-corrected chi connectivity index (χ0v) is 12.8. The molecule has 1 N–H and O–H groups in total. The van der Waals surface area contributed by atoms with E-state index in [2.05, 4.69) is 5.32 Å². The highest BCUT2D eigenvalue weighted by Gasteiger charge is 2.22. The lowest BCUT2D eigenvalue weighted by Gasteiger charge is -2.16. The van der Waals surface area contributed by atoms with Gasteiger partial charge in [-0.25, -0.2) is 0 Å². The third-order valence-electron chi connectivity index (χ3n) is 3.60. The Hall–Kier alpha value is -1.29. The van der Waals surface area contributed by atoms with E-state index in [0.29, 0.717) is 16.5 Å². The van der Waals surface area contributed by atoms with Gasteiger partial charge >= 0.3 is 0 Å². The first-order valence-electron chi connectivity index (χ1n) is 7.13. The number of carbonyl (C=O) groups excluding carboxylic acids is 2. The molecule has 1 saturated carbocycles. The van der Waals surface area contributed by atoms with Crippen LogP contribution in [0.4, 0.5) is 5.69 Å². The lowest BCUT2D eigenvalue weighted by atomic mass is 10.1. The number of Topliss-reactive ketones (excluding diaryl/α,β-unsaturated/α-hetero) is 1. The summed E-state index contributed by atoms with van der Waals surface area (Å²) in [5, 5.41) is 3.47. The molecular weight excluding hydrogens is 270 g/mol. The van der Waals surface area contributed by atoms with Gasteiger partial charge < -0.3 is 5.32 Å². The van der Waals surface area contributed by atoms with Crippen LogP contribution >= 0.6 is 11.8 Å². The van der Waals surface area contributed by atoms with Crippen LogP contribution < -0.4 is 5.32 Å². The Bertz CT molecular complexity index is 495. The van der Waals surface area contributed by atoms with Crippen LogP contribution in [-0.2, 0) is 4.79 Å². The fraction of sp³-hybridized carbons (Fsp3) is 0.500. The summed E-state index contributed by atoms with van der Waals surface area (Å²) < 4.78 is 0. The van der Waals surface area contributed by atoms with Gasteiger partial charge in [0.25, 0.3) is 0 Å². The highest BCUT2D eigenvalue weighted by molar-refractivity contribution is 8.01. The van der Waals surface area contributed by atoms with Crippen LogP contribution in [0.2, 0.25) is 0 Å². The van der Waals surface area contributed by atoms with Crippen LogP contribution in [0, 0.1) is 0 Å². The molecule has 3 nitrogen and oxygen atoms in total. The standard InChI is InChI=1S/C16H21NO2S/c1-11(18)13-6-5-7-14(10-13)17-16(19)12(2)20-15-8-3-4-9-15/h5-7,10,12,15H,3-4,8-9H2,1-2H3,(H,17,19)/t12-/m0/s1. The third kappa shape index (κ3) is 4.10. The quantitative estimate of drug-likeness (QED) is 0.837. The van der Waals surface area contributed by atoms with E-state index in [9.17, 15) is 9.59 Å². The molecule has 1 aromatic carbocycles. The molecule has 2 rings (SSSR count). The average Bonchev–Trinajstić information content (AvgIpc) is 2.91. The van der Waals surface area contributed by atoms with Crippen LogP contribution in [0.5, 0.6) is 0 Å². The summed E-state index contributed by atoms with van der Waals surface area (Å²) in [6, 6.07) is 7.10. The lowest BCUT2D eigenvalue weighted by molar-refractivity contribution is -0.115. The molecule has 0 heterocycles. The Balaban J connectivity index is 1.92. The van der Waals surface area contributed by atoms with Crippen molar-refractivity contribution in [3.63, 3.8) is 0 Å². The van der Waals surface area contributed by atoms with Crippen molar-refractivity contribution in [2.45, 2.75) is 50.0 Å². The maximum Gasteiger partial charge on any atom is 0.237 e. The SMILES string of the molecule is CC(=O)c1cccc(NC(=O)[C@H](C)SC2CCCC2)c1. The number of rotatable bonds is 5. The predicted octanol–water partition coefficient (Wildman–Crippen LogP) is 3.89. The van der Waals surface area contributed by atoms with Crippen molar-refractivity contribution in [3.05, 3.63) is 29.8 Å². The molecule has 1 atom stereocenters. The van der Waals surface area contributed by atoms with Crippen molar-refractivity contribution in [1.82, 2.24) is 0 Å². The van der Waals surface area contributed by atoms with E-state index in [1.807, 2.05) is 13.0 Å². The Labute approximate surface area is 124 Å². The van der Waals surface area contributed by atoms with Crippen molar-refractivity contribution in [2.75, 3.05) is 5.32 Å². The van der Waals surface area contributed by atoms with Crippen molar-refractivity contribution < 1.29 is 9.59 Å². The molecule has 0 unspecified atom stereocenters. The summed E-state index contributed by atoms with van der Waals surface area (Å²) in [4.78, 5) is 23.5. The molecule has 0 aliphatic heterocycles. The van der Waals surface area contributed by atoms with Gasteiger partial charge in [0.15, 0.2) is 5.78 Å². The fourth-order valence-electron chi connectivity index (χ4n) is 2.43. The number of hydrogen-bond donors (Lipinski definition) is 1. The van der Waals surface area contributed by atoms with Crippen LogP contribution in [0.3, 0.4) is 0 Å². The van der Waals surface area contributed by atoms with E-state index in [1.54, 1.807) is 30.0 Å². The molecule has 1 aliphatic carbocycles. The predicted molar refractivity (Wildman–Crippen MR) is 84.4 cm³/mol. The van der Waals surface area contributed by atoms with Gasteiger partial charge in [-0.2, -0.15) is 0 Å². The molecular formula is C16H21NO2S. The van der Waals surface area contributed by atoms with Crippen LogP contribution in [0.25, 0.3) is 0 Å². The van der Waals surface area contributed by atoms with Crippen molar-refractivity contribution in [3.8, 4) is 0 Å². The van der Waals surface area contributed by atoms with Gasteiger partial charge in [0, 0.05) is 16.5 Å². The van der Waals surface area contributed by atoms with Gasteiger partial charge in [0.05, 0.1) is 5.25 Å². The zero-order valence-electron chi connectivity index (χ0n) is 12.0. The maximum absolute atomic E-state index is 12.2. The monoisotopic (exact) mass is 291 g/mol. The Morgan fingerprint density at radius 2 is 2.00 bits per heavy atom. The van der Waals surface area contributed by atoms with E-state index >= 15 is 0 Å². The van der Waals surface area contributed by atoms with Gasteiger partial charge in [-0.05, 0) is 38.8 Å². The Kier molecular flexibility index (Phi) is 5.24. The number of anilines is 1. The second-order valence-electron chi connectivity index (χ2n) is 5.31. The normalized spacial score (nSPS) is 16.9. The highest BCUT2D eigenvalue weighted by atomic mass is 32.2. The second-order valence-corrected chi connectivity index (χ2v) is 6.96. The molecule has 0 bridgehead atoms. The van der Waals surface area contributed by atoms with Gasteiger partial charge in [0.2, 0.25) is 5.91 Å². The van der Waals surface area contributed by atoms with Gasteiger partial charge in [-0.1, -0.05) is 25.0 Å². The first kappa shape index (κ1) is 15.1. The van der Waals surface area contributed by atoms with E-state index in [4.69, 9.17) is 0 Å². The molecule has 0 saturated heterocycles.